The van der Waals surface area contributed by atoms with Gasteiger partial charge in [0, 0.05) is 18.6 Å². The Labute approximate surface area is 234 Å². The summed E-state index contributed by atoms with van der Waals surface area (Å²) < 4.78 is 13.2. The van der Waals surface area contributed by atoms with Crippen LogP contribution in [0.1, 0.15) is 87.7 Å². The molecule has 5 rings (SSSR count). The number of hydrogen-bond acceptors (Lipinski definition) is 3. The van der Waals surface area contributed by atoms with Crippen molar-refractivity contribution < 1.29 is 14.3 Å². The first kappa shape index (κ1) is 28.3. The first-order valence-electron chi connectivity index (χ1n) is 15.5. The van der Waals surface area contributed by atoms with Crippen LogP contribution in [0.5, 0.6) is 0 Å². The smallest absolute Gasteiger partial charge is 0.317 e. The van der Waals surface area contributed by atoms with Gasteiger partial charge >= 0.3 is 5.97 Å². The van der Waals surface area contributed by atoms with Crippen LogP contribution in [0.4, 0.5) is 4.39 Å². The fraction of sp³-hybridized carbons (Fsp3) is 0.618. The third-order valence-electron chi connectivity index (χ3n) is 9.92. The summed E-state index contributed by atoms with van der Waals surface area (Å²) in [6, 6.07) is 18.8. The SMILES string of the molecule is O=C(O)CN(C1CCCCC1)C1CC(CN2CCC(CCCc3ccc(F)cc3)CC2)C(c2ccccc2)C1. The number of carboxylic acids is 1. The fourth-order valence-corrected chi connectivity index (χ4v) is 7.84. The van der Waals surface area contributed by atoms with Crippen LogP contribution in [0.2, 0.25) is 0 Å². The fourth-order valence-electron chi connectivity index (χ4n) is 7.84. The minimum absolute atomic E-state index is 0.155. The molecule has 3 fully saturated rings. The van der Waals surface area contributed by atoms with E-state index in [9.17, 15) is 14.3 Å². The summed E-state index contributed by atoms with van der Waals surface area (Å²) >= 11 is 0. The molecule has 1 heterocycles. The zero-order chi connectivity index (χ0) is 27.0. The quantitative estimate of drug-likeness (QED) is 0.333. The molecular formula is C34H47FN2O2. The van der Waals surface area contributed by atoms with Crippen LogP contribution in [-0.2, 0) is 11.2 Å². The normalized spacial score (nSPS) is 25.3. The van der Waals surface area contributed by atoms with E-state index in [0.29, 0.717) is 23.9 Å². The zero-order valence-corrected chi connectivity index (χ0v) is 23.5. The van der Waals surface area contributed by atoms with Crippen molar-refractivity contribution in [3.05, 3.63) is 71.5 Å². The number of nitrogens with zero attached hydrogens (tertiary/aromatic N) is 2. The summed E-state index contributed by atoms with van der Waals surface area (Å²) in [5.41, 5.74) is 2.67. The van der Waals surface area contributed by atoms with Crippen LogP contribution in [0.3, 0.4) is 0 Å². The predicted molar refractivity (Wildman–Crippen MR) is 155 cm³/mol. The van der Waals surface area contributed by atoms with Gasteiger partial charge in [-0.15, -0.1) is 0 Å². The summed E-state index contributed by atoms with van der Waals surface area (Å²) in [4.78, 5) is 17.0. The lowest BCUT2D eigenvalue weighted by atomic mass is 9.87. The maximum atomic E-state index is 13.2. The van der Waals surface area contributed by atoms with Crippen molar-refractivity contribution in [1.82, 2.24) is 9.80 Å². The molecule has 1 aliphatic heterocycles. The van der Waals surface area contributed by atoms with Crippen LogP contribution in [0, 0.1) is 17.7 Å². The number of benzene rings is 2. The van der Waals surface area contributed by atoms with Crippen LogP contribution in [-0.4, -0.2) is 59.1 Å². The molecule has 2 aliphatic carbocycles. The van der Waals surface area contributed by atoms with Gasteiger partial charge in [-0.3, -0.25) is 9.69 Å². The van der Waals surface area contributed by atoms with Crippen molar-refractivity contribution in [1.29, 1.82) is 0 Å². The molecule has 1 saturated heterocycles. The second kappa shape index (κ2) is 13.9. The van der Waals surface area contributed by atoms with Crippen LogP contribution in [0.25, 0.3) is 0 Å². The molecule has 3 atom stereocenters. The Morgan fingerprint density at radius 1 is 0.897 bits per heavy atom. The van der Waals surface area contributed by atoms with E-state index in [1.165, 1.54) is 69.2 Å². The number of carbonyl (C=O) groups is 1. The standard InChI is InChI=1S/C34H47FN2O2/c35-30-16-14-26(15-17-30)8-7-9-27-18-20-36(21-19-27)24-29-22-32(23-33(29)28-10-3-1-4-11-28)37(25-34(38)39)31-12-5-2-6-13-31/h1,3-4,10-11,14-17,27,29,31-33H,2,5-9,12-13,18-25H2,(H,38,39). The first-order chi connectivity index (χ1) is 19.0. The summed E-state index contributed by atoms with van der Waals surface area (Å²) in [6.07, 6.45) is 14.3. The van der Waals surface area contributed by atoms with Gasteiger partial charge in [-0.25, -0.2) is 4.39 Å². The third kappa shape index (κ3) is 7.91. The molecule has 2 aromatic rings. The molecule has 2 aromatic carbocycles. The number of piperidine rings is 1. The summed E-state index contributed by atoms with van der Waals surface area (Å²) in [7, 11) is 0. The van der Waals surface area contributed by atoms with Gasteiger partial charge in [-0.05, 0) is 105 Å². The van der Waals surface area contributed by atoms with E-state index in [0.717, 1.165) is 44.6 Å². The van der Waals surface area contributed by atoms with Crippen molar-refractivity contribution in [2.45, 2.75) is 95.1 Å². The lowest BCUT2D eigenvalue weighted by Gasteiger charge is -2.38. The Morgan fingerprint density at radius 3 is 2.31 bits per heavy atom. The Bertz CT molecular complexity index is 1020. The highest BCUT2D eigenvalue weighted by molar-refractivity contribution is 5.69. The van der Waals surface area contributed by atoms with Gasteiger partial charge in [-0.2, -0.15) is 0 Å². The number of rotatable bonds is 11. The average molecular weight is 535 g/mol. The van der Waals surface area contributed by atoms with Gasteiger partial charge in [-0.1, -0.05) is 68.1 Å². The molecule has 0 amide bonds. The topological polar surface area (TPSA) is 43.8 Å². The predicted octanol–water partition coefficient (Wildman–Crippen LogP) is 7.14. The van der Waals surface area contributed by atoms with Gasteiger partial charge in [0.25, 0.3) is 0 Å². The molecule has 0 bridgehead atoms. The van der Waals surface area contributed by atoms with Crippen molar-refractivity contribution in [3.8, 4) is 0 Å². The van der Waals surface area contributed by atoms with Crippen molar-refractivity contribution in [2.75, 3.05) is 26.2 Å². The van der Waals surface area contributed by atoms with Gasteiger partial charge in [0.15, 0.2) is 0 Å². The largest absolute Gasteiger partial charge is 0.480 e. The molecule has 3 unspecified atom stereocenters. The number of aliphatic carboxylic acids is 1. The molecule has 5 heteroatoms. The van der Waals surface area contributed by atoms with Crippen molar-refractivity contribution in [3.63, 3.8) is 0 Å². The number of halogens is 1. The maximum absolute atomic E-state index is 13.2. The van der Waals surface area contributed by atoms with Gasteiger partial charge in [0.1, 0.15) is 5.82 Å². The summed E-state index contributed by atoms with van der Waals surface area (Å²) in [6.45, 7) is 3.66. The lowest BCUT2D eigenvalue weighted by Crippen LogP contribution is -2.46. The number of carboxylic acid groups (broad SMARTS) is 1. The monoisotopic (exact) mass is 534 g/mol. The molecule has 0 spiro atoms. The van der Waals surface area contributed by atoms with E-state index in [2.05, 4.69) is 40.1 Å². The summed E-state index contributed by atoms with van der Waals surface area (Å²) in [5, 5.41) is 9.78. The molecule has 1 N–H and O–H groups in total. The summed E-state index contributed by atoms with van der Waals surface area (Å²) in [5.74, 6) is 1.04. The van der Waals surface area contributed by atoms with E-state index in [1.54, 1.807) is 12.1 Å². The number of hydrogen-bond donors (Lipinski definition) is 1. The Balaban J connectivity index is 1.17. The van der Waals surface area contributed by atoms with Gasteiger partial charge < -0.3 is 10.0 Å². The lowest BCUT2D eigenvalue weighted by molar-refractivity contribution is -0.140. The van der Waals surface area contributed by atoms with E-state index < -0.39 is 5.97 Å². The molecule has 3 aliphatic rings. The molecule has 0 radical (unpaired) electrons. The molecule has 212 valence electrons. The van der Waals surface area contributed by atoms with Gasteiger partial charge in [0.2, 0.25) is 0 Å². The maximum Gasteiger partial charge on any atom is 0.317 e. The number of likely N-dealkylation sites (tertiary alicyclic amines) is 1. The highest BCUT2D eigenvalue weighted by Gasteiger charge is 2.41. The van der Waals surface area contributed by atoms with Gasteiger partial charge in [0.05, 0.1) is 6.54 Å². The van der Waals surface area contributed by atoms with E-state index in [-0.39, 0.29) is 12.4 Å². The zero-order valence-electron chi connectivity index (χ0n) is 23.5. The third-order valence-corrected chi connectivity index (χ3v) is 9.92. The number of aryl methyl sites for hydroxylation is 1. The minimum atomic E-state index is -0.679. The molecule has 39 heavy (non-hydrogen) atoms. The average Bonchev–Trinajstić information content (AvgIpc) is 3.38. The molecular weight excluding hydrogens is 487 g/mol. The first-order valence-corrected chi connectivity index (χ1v) is 15.5. The minimum Gasteiger partial charge on any atom is -0.480 e. The van der Waals surface area contributed by atoms with E-state index in [1.807, 2.05) is 12.1 Å². The Kier molecular flexibility index (Phi) is 10.1. The van der Waals surface area contributed by atoms with Crippen LogP contribution >= 0.6 is 0 Å². The highest BCUT2D eigenvalue weighted by atomic mass is 19.1. The Morgan fingerprint density at radius 2 is 1.62 bits per heavy atom. The Hall–Kier alpha value is -2.24. The van der Waals surface area contributed by atoms with Crippen molar-refractivity contribution in [2.24, 2.45) is 11.8 Å². The van der Waals surface area contributed by atoms with Crippen LogP contribution in [0.15, 0.2) is 54.6 Å². The molecule has 2 saturated carbocycles. The molecule has 4 nitrogen and oxygen atoms in total. The van der Waals surface area contributed by atoms with Crippen molar-refractivity contribution >= 4 is 5.97 Å². The second-order valence-corrected chi connectivity index (χ2v) is 12.5. The van der Waals surface area contributed by atoms with Crippen LogP contribution < -0.4 is 0 Å². The second-order valence-electron chi connectivity index (χ2n) is 12.5. The molecule has 0 aromatic heterocycles. The van der Waals surface area contributed by atoms with E-state index in [4.69, 9.17) is 0 Å². The van der Waals surface area contributed by atoms with E-state index >= 15 is 0 Å². The highest BCUT2D eigenvalue weighted by Crippen LogP contribution is 2.44.